The van der Waals surface area contributed by atoms with Gasteiger partial charge in [0.25, 0.3) is 0 Å². The largest absolute Gasteiger partial charge is 0.273 e. The normalized spacial score (nSPS) is 16.5. The summed E-state index contributed by atoms with van der Waals surface area (Å²) >= 11 is 0. The molecule has 1 unspecified atom stereocenters. The molecule has 0 spiro atoms. The van der Waals surface area contributed by atoms with Gasteiger partial charge >= 0.3 is 0 Å². The first-order valence-corrected chi connectivity index (χ1v) is 8.00. The number of hydrogen-bond acceptors (Lipinski definition) is 4. The Labute approximate surface area is 146 Å². The van der Waals surface area contributed by atoms with Crippen LogP contribution in [0.25, 0.3) is 0 Å². The summed E-state index contributed by atoms with van der Waals surface area (Å²) in [5, 5.41) is 23.9. The van der Waals surface area contributed by atoms with Crippen LogP contribution in [0, 0.1) is 22.7 Å². The number of nitrogens with zero attached hydrogens (tertiary/aromatic N) is 4. The Hall–Kier alpha value is -3.44. The zero-order valence-corrected chi connectivity index (χ0v) is 13.8. The number of hydrazone groups is 1. The molecule has 2 aromatic rings. The molecule has 0 aliphatic carbocycles. The summed E-state index contributed by atoms with van der Waals surface area (Å²) < 4.78 is 0. The van der Waals surface area contributed by atoms with Gasteiger partial charge in [0.05, 0.1) is 35.0 Å². The monoisotopic (exact) mass is 328 g/mol. The molecule has 0 fully saturated rings. The number of hydrogen-bond donors (Lipinski definition) is 0. The predicted octanol–water partition coefficient (Wildman–Crippen LogP) is 3.52. The molecule has 1 atom stereocenters. The van der Waals surface area contributed by atoms with E-state index in [1.165, 1.54) is 11.9 Å². The van der Waals surface area contributed by atoms with E-state index in [9.17, 15) is 4.79 Å². The van der Waals surface area contributed by atoms with Crippen molar-refractivity contribution in [3.63, 3.8) is 0 Å². The van der Waals surface area contributed by atoms with Gasteiger partial charge in [-0.1, -0.05) is 24.3 Å². The third kappa shape index (κ3) is 3.41. The number of carbonyl (C=O) groups excluding carboxylic acids is 1. The summed E-state index contributed by atoms with van der Waals surface area (Å²) in [6.45, 7) is 1.50. The van der Waals surface area contributed by atoms with Crippen LogP contribution in [0.2, 0.25) is 0 Å². The molecular formula is C20H16N4O. The molecule has 0 saturated carbocycles. The SMILES string of the molecule is CC(=O)N1N=C(c2ccc(C#N)cc2)CCC1c1ccc(C#N)cc1. The Kier molecular flexibility index (Phi) is 4.59. The number of amides is 1. The van der Waals surface area contributed by atoms with Gasteiger partial charge < -0.3 is 0 Å². The fourth-order valence-electron chi connectivity index (χ4n) is 2.96. The highest BCUT2D eigenvalue weighted by molar-refractivity contribution is 6.01. The van der Waals surface area contributed by atoms with Crippen LogP contribution in [0.3, 0.4) is 0 Å². The van der Waals surface area contributed by atoms with Gasteiger partial charge in [-0.2, -0.15) is 15.6 Å². The van der Waals surface area contributed by atoms with Crippen LogP contribution < -0.4 is 0 Å². The van der Waals surface area contributed by atoms with Crippen LogP contribution in [-0.2, 0) is 4.79 Å². The fraction of sp³-hybridized carbons (Fsp3) is 0.200. The van der Waals surface area contributed by atoms with E-state index in [1.54, 1.807) is 24.3 Å². The van der Waals surface area contributed by atoms with Crippen LogP contribution in [0.1, 0.15) is 48.1 Å². The fourth-order valence-corrected chi connectivity index (χ4v) is 2.96. The molecule has 1 aliphatic rings. The molecule has 2 aromatic carbocycles. The molecule has 0 radical (unpaired) electrons. The molecule has 0 bridgehead atoms. The second kappa shape index (κ2) is 6.98. The third-order valence-corrected chi connectivity index (χ3v) is 4.27. The minimum absolute atomic E-state index is 0.125. The molecule has 25 heavy (non-hydrogen) atoms. The second-order valence-corrected chi connectivity index (χ2v) is 5.89. The van der Waals surface area contributed by atoms with Crippen LogP contribution >= 0.6 is 0 Å². The van der Waals surface area contributed by atoms with Crippen LogP contribution in [0.15, 0.2) is 53.6 Å². The summed E-state index contributed by atoms with van der Waals surface area (Å²) in [6, 6.07) is 18.6. The number of carbonyl (C=O) groups is 1. The second-order valence-electron chi connectivity index (χ2n) is 5.89. The van der Waals surface area contributed by atoms with Gasteiger partial charge in [-0.15, -0.1) is 0 Å². The average Bonchev–Trinajstić information content (AvgIpc) is 2.67. The molecule has 5 nitrogen and oxygen atoms in total. The zero-order chi connectivity index (χ0) is 17.8. The Balaban J connectivity index is 1.91. The number of benzene rings is 2. The van der Waals surface area contributed by atoms with E-state index >= 15 is 0 Å². The minimum Gasteiger partial charge on any atom is -0.273 e. The van der Waals surface area contributed by atoms with Crippen molar-refractivity contribution in [1.82, 2.24) is 5.01 Å². The quantitative estimate of drug-likeness (QED) is 0.846. The summed E-state index contributed by atoms with van der Waals surface area (Å²) in [6.07, 6.45) is 1.49. The molecule has 122 valence electrons. The molecule has 0 aromatic heterocycles. The van der Waals surface area contributed by atoms with Gasteiger partial charge in [-0.05, 0) is 48.2 Å². The lowest BCUT2D eigenvalue weighted by Crippen LogP contribution is -2.33. The van der Waals surface area contributed by atoms with E-state index in [4.69, 9.17) is 10.5 Å². The lowest BCUT2D eigenvalue weighted by atomic mass is 9.94. The maximum atomic E-state index is 12.1. The van der Waals surface area contributed by atoms with E-state index in [-0.39, 0.29) is 11.9 Å². The van der Waals surface area contributed by atoms with Crippen molar-refractivity contribution >= 4 is 11.6 Å². The van der Waals surface area contributed by atoms with Crippen LogP contribution in [-0.4, -0.2) is 16.6 Å². The molecule has 1 aliphatic heterocycles. The van der Waals surface area contributed by atoms with E-state index in [0.29, 0.717) is 11.1 Å². The van der Waals surface area contributed by atoms with Crippen molar-refractivity contribution < 1.29 is 4.79 Å². The molecule has 0 saturated heterocycles. The Bertz CT molecular complexity index is 899. The maximum Gasteiger partial charge on any atom is 0.240 e. The Morgan fingerprint density at radius 2 is 1.60 bits per heavy atom. The van der Waals surface area contributed by atoms with Gasteiger partial charge in [0, 0.05) is 6.92 Å². The first-order valence-electron chi connectivity index (χ1n) is 8.00. The lowest BCUT2D eigenvalue weighted by Gasteiger charge is -2.32. The van der Waals surface area contributed by atoms with Gasteiger partial charge in [-0.3, -0.25) is 4.79 Å². The average molecular weight is 328 g/mol. The van der Waals surface area contributed by atoms with E-state index in [2.05, 4.69) is 17.2 Å². The van der Waals surface area contributed by atoms with Gasteiger partial charge in [0.1, 0.15) is 0 Å². The van der Waals surface area contributed by atoms with Crippen molar-refractivity contribution in [3.05, 3.63) is 70.8 Å². The van der Waals surface area contributed by atoms with Gasteiger partial charge in [0.15, 0.2) is 0 Å². The van der Waals surface area contributed by atoms with Crippen molar-refractivity contribution in [2.45, 2.75) is 25.8 Å². The van der Waals surface area contributed by atoms with Crippen molar-refractivity contribution in [3.8, 4) is 12.1 Å². The van der Waals surface area contributed by atoms with Crippen LogP contribution in [0.4, 0.5) is 0 Å². The lowest BCUT2D eigenvalue weighted by molar-refractivity contribution is -0.131. The van der Waals surface area contributed by atoms with E-state index in [1.807, 2.05) is 24.3 Å². The minimum atomic E-state index is -0.132. The molecule has 1 amide bonds. The maximum absolute atomic E-state index is 12.1. The van der Waals surface area contributed by atoms with Gasteiger partial charge in [-0.25, -0.2) is 5.01 Å². The topological polar surface area (TPSA) is 80.2 Å². The number of rotatable bonds is 2. The first-order chi connectivity index (χ1) is 12.1. The predicted molar refractivity (Wildman–Crippen MR) is 93.3 cm³/mol. The van der Waals surface area contributed by atoms with E-state index < -0.39 is 0 Å². The molecule has 0 N–H and O–H groups in total. The summed E-state index contributed by atoms with van der Waals surface area (Å²) in [5.41, 5.74) is 3.92. The Morgan fingerprint density at radius 3 is 2.12 bits per heavy atom. The highest BCUT2D eigenvalue weighted by Gasteiger charge is 2.28. The highest BCUT2D eigenvalue weighted by Crippen LogP contribution is 2.31. The molecular weight excluding hydrogens is 312 g/mol. The summed E-state index contributed by atoms with van der Waals surface area (Å²) in [5.74, 6) is -0.125. The Morgan fingerprint density at radius 1 is 1.04 bits per heavy atom. The third-order valence-electron chi connectivity index (χ3n) is 4.27. The first kappa shape index (κ1) is 16.4. The summed E-state index contributed by atoms with van der Waals surface area (Å²) in [4.78, 5) is 12.1. The molecule has 1 heterocycles. The smallest absolute Gasteiger partial charge is 0.240 e. The number of nitriles is 2. The molecule has 5 heteroatoms. The van der Waals surface area contributed by atoms with Gasteiger partial charge in [0.2, 0.25) is 5.91 Å². The van der Waals surface area contributed by atoms with Crippen LogP contribution in [0.5, 0.6) is 0 Å². The standard InChI is InChI=1S/C20H16N4O/c1-14(25)24-20(18-8-4-16(13-22)5-9-18)11-10-19(23-24)17-6-2-15(12-21)3-7-17/h2-9,20H,10-11H2,1H3. The van der Waals surface area contributed by atoms with Crippen molar-refractivity contribution in [2.24, 2.45) is 5.10 Å². The zero-order valence-electron chi connectivity index (χ0n) is 13.8. The molecule has 3 rings (SSSR count). The summed E-state index contributed by atoms with van der Waals surface area (Å²) in [7, 11) is 0. The van der Waals surface area contributed by atoms with Crippen molar-refractivity contribution in [2.75, 3.05) is 0 Å². The van der Waals surface area contributed by atoms with Crippen molar-refractivity contribution in [1.29, 1.82) is 10.5 Å². The van der Waals surface area contributed by atoms with E-state index in [0.717, 1.165) is 29.7 Å². The highest BCUT2D eigenvalue weighted by atomic mass is 16.2.